The SMILES string of the molecule is C/C=C/CCNC(=O)NC(C)CCCO. The maximum Gasteiger partial charge on any atom is 0.315 e. The van der Waals surface area contributed by atoms with Crippen molar-refractivity contribution < 1.29 is 9.90 Å². The molecule has 0 aliphatic carbocycles. The van der Waals surface area contributed by atoms with E-state index in [1.165, 1.54) is 0 Å². The van der Waals surface area contributed by atoms with Crippen LogP contribution in [0.1, 0.15) is 33.1 Å². The van der Waals surface area contributed by atoms with Crippen LogP contribution in [-0.4, -0.2) is 30.3 Å². The van der Waals surface area contributed by atoms with Crippen molar-refractivity contribution in [3.63, 3.8) is 0 Å². The highest BCUT2D eigenvalue weighted by Gasteiger charge is 2.04. The minimum atomic E-state index is -0.134. The van der Waals surface area contributed by atoms with Crippen molar-refractivity contribution >= 4 is 6.03 Å². The molecule has 4 nitrogen and oxygen atoms in total. The van der Waals surface area contributed by atoms with Crippen molar-refractivity contribution in [3.05, 3.63) is 12.2 Å². The molecule has 1 unspecified atom stereocenters. The fourth-order valence-corrected chi connectivity index (χ4v) is 1.18. The van der Waals surface area contributed by atoms with E-state index < -0.39 is 0 Å². The van der Waals surface area contributed by atoms with Gasteiger partial charge < -0.3 is 15.7 Å². The molecule has 2 amide bonds. The van der Waals surface area contributed by atoms with Gasteiger partial charge in [0.1, 0.15) is 0 Å². The lowest BCUT2D eigenvalue weighted by molar-refractivity contribution is 0.234. The van der Waals surface area contributed by atoms with Crippen LogP contribution >= 0.6 is 0 Å². The molecule has 0 fully saturated rings. The molecular weight excluding hydrogens is 192 g/mol. The van der Waals surface area contributed by atoms with Crippen LogP contribution in [0.15, 0.2) is 12.2 Å². The largest absolute Gasteiger partial charge is 0.396 e. The van der Waals surface area contributed by atoms with E-state index >= 15 is 0 Å². The third kappa shape index (κ3) is 9.28. The molecule has 0 aliphatic heterocycles. The standard InChI is InChI=1S/C11H22N2O2/c1-3-4-5-8-12-11(15)13-10(2)7-6-9-14/h3-4,10,14H,5-9H2,1-2H3,(H2,12,13,15)/b4-3+. The zero-order valence-electron chi connectivity index (χ0n) is 9.62. The van der Waals surface area contributed by atoms with E-state index in [0.29, 0.717) is 6.54 Å². The van der Waals surface area contributed by atoms with Crippen molar-refractivity contribution in [1.29, 1.82) is 0 Å². The number of aliphatic hydroxyl groups is 1. The number of nitrogens with one attached hydrogen (secondary N) is 2. The lowest BCUT2D eigenvalue weighted by Crippen LogP contribution is -2.41. The summed E-state index contributed by atoms with van der Waals surface area (Å²) in [5, 5.41) is 14.2. The van der Waals surface area contributed by atoms with E-state index in [1.807, 2.05) is 26.0 Å². The smallest absolute Gasteiger partial charge is 0.315 e. The molecule has 0 saturated carbocycles. The highest BCUT2D eigenvalue weighted by atomic mass is 16.3. The Morgan fingerprint density at radius 2 is 2.27 bits per heavy atom. The molecule has 1 atom stereocenters. The number of carbonyl (C=O) groups is 1. The van der Waals surface area contributed by atoms with Crippen molar-refractivity contribution in [2.75, 3.05) is 13.2 Å². The van der Waals surface area contributed by atoms with E-state index in [9.17, 15) is 4.79 Å². The molecule has 88 valence electrons. The average Bonchev–Trinajstić information content (AvgIpc) is 2.21. The van der Waals surface area contributed by atoms with Gasteiger partial charge in [-0.1, -0.05) is 12.2 Å². The van der Waals surface area contributed by atoms with Crippen molar-refractivity contribution in [3.8, 4) is 0 Å². The predicted molar refractivity (Wildman–Crippen MR) is 61.7 cm³/mol. The third-order valence-corrected chi connectivity index (χ3v) is 2.01. The van der Waals surface area contributed by atoms with Gasteiger partial charge in [-0.2, -0.15) is 0 Å². The number of allylic oxidation sites excluding steroid dienone is 1. The highest BCUT2D eigenvalue weighted by molar-refractivity contribution is 5.74. The first-order chi connectivity index (χ1) is 7.20. The van der Waals surface area contributed by atoms with Gasteiger partial charge in [-0.15, -0.1) is 0 Å². The zero-order valence-corrected chi connectivity index (χ0v) is 9.62. The van der Waals surface area contributed by atoms with Gasteiger partial charge in [0.2, 0.25) is 0 Å². The lowest BCUT2D eigenvalue weighted by Gasteiger charge is -2.13. The Balaban J connectivity index is 3.46. The second kappa shape index (κ2) is 9.52. The van der Waals surface area contributed by atoms with Crippen LogP contribution in [0.3, 0.4) is 0 Å². The first-order valence-corrected chi connectivity index (χ1v) is 5.47. The Labute approximate surface area is 91.8 Å². The normalized spacial score (nSPS) is 12.7. The Kier molecular flexibility index (Phi) is 8.87. The summed E-state index contributed by atoms with van der Waals surface area (Å²) in [6.45, 7) is 4.72. The maximum absolute atomic E-state index is 11.3. The molecule has 0 heterocycles. The molecule has 3 N–H and O–H groups in total. The Hall–Kier alpha value is -1.03. The molecule has 4 heteroatoms. The van der Waals surface area contributed by atoms with Crippen molar-refractivity contribution in [2.24, 2.45) is 0 Å². The number of urea groups is 1. The van der Waals surface area contributed by atoms with Gasteiger partial charge in [0.15, 0.2) is 0 Å². The monoisotopic (exact) mass is 214 g/mol. The van der Waals surface area contributed by atoms with Crippen LogP contribution in [0, 0.1) is 0 Å². The number of amides is 2. The number of hydrogen-bond acceptors (Lipinski definition) is 2. The summed E-state index contributed by atoms with van der Waals surface area (Å²) in [6.07, 6.45) is 6.35. The van der Waals surface area contributed by atoms with Crippen LogP contribution in [0.5, 0.6) is 0 Å². The quantitative estimate of drug-likeness (QED) is 0.443. The minimum absolute atomic E-state index is 0.110. The predicted octanol–water partition coefficient (Wildman–Crippen LogP) is 1.41. The van der Waals surface area contributed by atoms with Crippen molar-refractivity contribution in [2.45, 2.75) is 39.2 Å². The molecule has 0 aromatic carbocycles. The van der Waals surface area contributed by atoms with Gasteiger partial charge in [-0.3, -0.25) is 0 Å². The van der Waals surface area contributed by atoms with E-state index in [-0.39, 0.29) is 18.7 Å². The third-order valence-electron chi connectivity index (χ3n) is 2.01. The molecule has 0 spiro atoms. The molecule has 0 rings (SSSR count). The van der Waals surface area contributed by atoms with E-state index in [4.69, 9.17) is 5.11 Å². The van der Waals surface area contributed by atoms with Gasteiger partial charge in [0, 0.05) is 19.2 Å². The summed E-state index contributed by atoms with van der Waals surface area (Å²) in [4.78, 5) is 11.3. The van der Waals surface area contributed by atoms with E-state index in [2.05, 4.69) is 10.6 Å². The van der Waals surface area contributed by atoms with Gasteiger partial charge in [0.05, 0.1) is 0 Å². The molecular formula is C11H22N2O2. The highest BCUT2D eigenvalue weighted by Crippen LogP contribution is 1.94. The van der Waals surface area contributed by atoms with Gasteiger partial charge in [0.25, 0.3) is 0 Å². The number of carbonyl (C=O) groups excluding carboxylic acids is 1. The average molecular weight is 214 g/mol. The minimum Gasteiger partial charge on any atom is -0.396 e. The first kappa shape index (κ1) is 14.0. The zero-order chi connectivity index (χ0) is 11.5. The topological polar surface area (TPSA) is 61.4 Å². The Morgan fingerprint density at radius 1 is 1.53 bits per heavy atom. The summed E-state index contributed by atoms with van der Waals surface area (Å²) in [7, 11) is 0. The Bertz CT molecular complexity index is 193. The molecule has 0 radical (unpaired) electrons. The molecule has 0 aromatic rings. The summed E-state index contributed by atoms with van der Waals surface area (Å²) in [6, 6.07) is -0.0242. The first-order valence-electron chi connectivity index (χ1n) is 5.47. The summed E-state index contributed by atoms with van der Waals surface area (Å²) < 4.78 is 0. The number of rotatable bonds is 7. The number of aliphatic hydroxyl groups excluding tert-OH is 1. The fourth-order valence-electron chi connectivity index (χ4n) is 1.18. The maximum atomic E-state index is 11.3. The number of hydrogen-bond donors (Lipinski definition) is 3. The van der Waals surface area contributed by atoms with Crippen LogP contribution in [0.25, 0.3) is 0 Å². The van der Waals surface area contributed by atoms with Crippen LogP contribution in [-0.2, 0) is 0 Å². The Morgan fingerprint density at radius 3 is 2.87 bits per heavy atom. The van der Waals surface area contributed by atoms with Gasteiger partial charge in [-0.05, 0) is 33.1 Å². The molecule has 0 aromatic heterocycles. The van der Waals surface area contributed by atoms with Crippen LogP contribution < -0.4 is 10.6 Å². The molecule has 0 saturated heterocycles. The summed E-state index contributed by atoms with van der Waals surface area (Å²) in [5.41, 5.74) is 0. The van der Waals surface area contributed by atoms with Gasteiger partial charge in [-0.25, -0.2) is 4.79 Å². The second-order valence-electron chi connectivity index (χ2n) is 3.52. The molecule has 0 aliphatic rings. The van der Waals surface area contributed by atoms with Gasteiger partial charge >= 0.3 is 6.03 Å². The summed E-state index contributed by atoms with van der Waals surface area (Å²) >= 11 is 0. The lowest BCUT2D eigenvalue weighted by atomic mass is 10.2. The van der Waals surface area contributed by atoms with Crippen LogP contribution in [0.2, 0.25) is 0 Å². The van der Waals surface area contributed by atoms with Crippen molar-refractivity contribution in [1.82, 2.24) is 10.6 Å². The summed E-state index contributed by atoms with van der Waals surface area (Å²) in [5.74, 6) is 0. The fraction of sp³-hybridized carbons (Fsp3) is 0.727. The van der Waals surface area contributed by atoms with E-state index in [0.717, 1.165) is 19.3 Å². The molecule has 0 bridgehead atoms. The second-order valence-corrected chi connectivity index (χ2v) is 3.52. The van der Waals surface area contributed by atoms with Crippen LogP contribution in [0.4, 0.5) is 4.79 Å². The van der Waals surface area contributed by atoms with E-state index in [1.54, 1.807) is 0 Å². The molecule has 15 heavy (non-hydrogen) atoms.